The summed E-state index contributed by atoms with van der Waals surface area (Å²) < 4.78 is -0.876. The van der Waals surface area contributed by atoms with Crippen molar-refractivity contribution in [2.45, 2.75) is 41.7 Å². The first-order valence-corrected chi connectivity index (χ1v) is 11.8. The summed E-state index contributed by atoms with van der Waals surface area (Å²) >= 11 is 3.55. The molecule has 0 aromatic heterocycles. The average Bonchev–Trinajstić information content (AvgIpc) is 2.72. The highest BCUT2D eigenvalue weighted by Crippen LogP contribution is 2.22. The zero-order valence-corrected chi connectivity index (χ0v) is 21.6. The molecule has 7 N–H and O–H groups in total. The highest BCUT2D eigenvalue weighted by Gasteiger charge is 2.38. The van der Waals surface area contributed by atoms with E-state index >= 15 is 0 Å². The van der Waals surface area contributed by atoms with Crippen molar-refractivity contribution in [2.75, 3.05) is 11.9 Å². The van der Waals surface area contributed by atoms with Gasteiger partial charge in [-0.05, 0) is 88.7 Å². The van der Waals surface area contributed by atoms with Gasteiger partial charge in [0.05, 0.1) is 0 Å². The van der Waals surface area contributed by atoms with Crippen LogP contribution in [0.15, 0.2) is 24.3 Å². The number of hydrogen-bond acceptors (Lipinski definition) is 5. The summed E-state index contributed by atoms with van der Waals surface area (Å²) in [5.74, 6) is -4.00. The maximum atomic E-state index is 12.1. The number of rotatable bonds is 13. The van der Waals surface area contributed by atoms with E-state index in [1.54, 1.807) is 12.1 Å². The smallest absolute Gasteiger partial charge is 0.339 e. The molecule has 1 rings (SSSR count). The normalized spacial score (nSPS) is 13.2. The van der Waals surface area contributed by atoms with Crippen LogP contribution in [0.3, 0.4) is 0 Å². The third-order valence-electron chi connectivity index (χ3n) is 4.24. The molecule has 0 aliphatic carbocycles. The molecule has 0 aliphatic rings. The molecule has 0 saturated carbocycles. The van der Waals surface area contributed by atoms with E-state index < -0.39 is 46.0 Å². The van der Waals surface area contributed by atoms with Gasteiger partial charge in [-0.15, -0.1) is 0 Å². The van der Waals surface area contributed by atoms with Gasteiger partial charge in [-0.1, -0.05) is 0 Å². The molecule has 0 spiro atoms. The summed E-state index contributed by atoms with van der Waals surface area (Å²) in [6, 6.07) is 4.46. The van der Waals surface area contributed by atoms with E-state index in [1.165, 1.54) is 22.6 Å². The van der Waals surface area contributed by atoms with Crippen LogP contribution in [0.25, 0.3) is 0 Å². The van der Waals surface area contributed by atoms with Crippen molar-refractivity contribution < 1.29 is 39.3 Å². The fraction of sp³-hybridized carbons (Fsp3) is 0.421. The third-order valence-corrected chi connectivity index (χ3v) is 6.23. The topological polar surface area (TPSA) is 194 Å². The van der Waals surface area contributed by atoms with Crippen LogP contribution < -0.4 is 21.3 Å². The monoisotopic (exact) mass is 690 g/mol. The number of alkyl halides is 1. The minimum atomic E-state index is -1.91. The summed E-state index contributed by atoms with van der Waals surface area (Å²) in [6.07, 6.45) is -0.0491. The Labute approximate surface area is 216 Å². The number of hydrogen-bond donors (Lipinski definition) is 7. The largest absolute Gasteiger partial charge is 0.481 e. The predicted octanol–water partition coefficient (Wildman–Crippen LogP) is 2.42. The van der Waals surface area contributed by atoms with Crippen LogP contribution in [0.2, 0.25) is 0 Å². The molecular formula is C19H24I2N4O8. The zero-order chi connectivity index (χ0) is 25.0. The maximum Gasteiger partial charge on any atom is 0.339 e. The van der Waals surface area contributed by atoms with Gasteiger partial charge >= 0.3 is 30.0 Å². The van der Waals surface area contributed by atoms with E-state index in [9.17, 15) is 34.2 Å². The lowest BCUT2D eigenvalue weighted by Crippen LogP contribution is -2.56. The van der Waals surface area contributed by atoms with E-state index in [4.69, 9.17) is 5.11 Å². The Morgan fingerprint density at radius 1 is 0.970 bits per heavy atom. The molecule has 1 aromatic rings. The van der Waals surface area contributed by atoms with Gasteiger partial charge in [0.25, 0.3) is 0 Å². The van der Waals surface area contributed by atoms with Crippen LogP contribution in [0, 0.1) is 3.57 Å². The van der Waals surface area contributed by atoms with Crippen LogP contribution in [0.5, 0.6) is 0 Å². The second-order valence-electron chi connectivity index (χ2n) is 6.87. The third kappa shape index (κ3) is 11.4. The zero-order valence-electron chi connectivity index (χ0n) is 17.3. The van der Waals surface area contributed by atoms with Crippen molar-refractivity contribution >= 4 is 80.8 Å². The van der Waals surface area contributed by atoms with Gasteiger partial charge in [-0.25, -0.2) is 19.2 Å². The second-order valence-corrected chi connectivity index (χ2v) is 9.96. The second kappa shape index (κ2) is 14.0. The van der Waals surface area contributed by atoms with Crippen LogP contribution in [-0.2, 0) is 14.4 Å². The first kappa shape index (κ1) is 28.7. The molecular weight excluding hydrogens is 666 g/mol. The molecule has 33 heavy (non-hydrogen) atoms. The van der Waals surface area contributed by atoms with Crippen LogP contribution >= 0.6 is 45.2 Å². The van der Waals surface area contributed by atoms with Gasteiger partial charge in [-0.3, -0.25) is 4.79 Å². The first-order valence-electron chi connectivity index (χ1n) is 9.69. The minimum Gasteiger partial charge on any atom is -0.481 e. The molecule has 0 heterocycles. The van der Waals surface area contributed by atoms with Crippen molar-refractivity contribution in [2.24, 2.45) is 0 Å². The number of unbranched alkanes of at least 4 members (excludes halogenated alkanes) is 1. The molecule has 1 aromatic carbocycles. The number of benzene rings is 1. The fourth-order valence-electron chi connectivity index (χ4n) is 2.52. The molecule has 2 atom stereocenters. The Morgan fingerprint density at radius 3 is 2.15 bits per heavy atom. The SMILES string of the molecule is O=C(O)CCC(I)(NC(=O)N[C@@H](CCCCNC(=O)Nc1ccc(I)cc1)C(=O)O)C(=O)O. The Hall–Kier alpha value is -2.37. The molecule has 12 nitrogen and oxygen atoms in total. The average molecular weight is 690 g/mol. The minimum absolute atomic E-state index is 0.0413. The standard InChI is InChI=1S/C19H24I2N4O8/c20-11-4-6-12(7-5-11)23-17(32)22-10-2-1-3-13(15(28)29)24-18(33)25-19(21,16(30)31)9-8-14(26)27/h4-7,13H,1-3,8-10H2,(H,26,27)(H,28,29)(H,30,31)(H2,22,23,32)(H2,24,25,33)/t13-,19?/m0/s1. The van der Waals surface area contributed by atoms with Crippen LogP contribution in [-0.4, -0.2) is 61.4 Å². The van der Waals surface area contributed by atoms with Crippen molar-refractivity contribution in [3.8, 4) is 0 Å². The van der Waals surface area contributed by atoms with Gasteiger partial charge in [0.15, 0.2) is 3.55 Å². The molecule has 1 unspecified atom stereocenters. The Balaban J connectivity index is 2.43. The van der Waals surface area contributed by atoms with Crippen molar-refractivity contribution in [3.05, 3.63) is 27.8 Å². The van der Waals surface area contributed by atoms with E-state index in [-0.39, 0.29) is 19.4 Å². The number of carboxylic acids is 3. The number of carbonyl (C=O) groups excluding carboxylic acids is 2. The molecule has 0 fully saturated rings. The number of urea groups is 2. The lowest BCUT2D eigenvalue weighted by molar-refractivity contribution is -0.141. The van der Waals surface area contributed by atoms with E-state index in [2.05, 4.69) is 43.9 Å². The Kier molecular flexibility index (Phi) is 12.2. The fourth-order valence-corrected chi connectivity index (χ4v) is 3.39. The van der Waals surface area contributed by atoms with E-state index in [0.717, 1.165) is 3.57 Å². The van der Waals surface area contributed by atoms with E-state index in [1.807, 2.05) is 12.1 Å². The van der Waals surface area contributed by atoms with Crippen molar-refractivity contribution in [3.63, 3.8) is 0 Å². The molecule has 0 radical (unpaired) electrons. The van der Waals surface area contributed by atoms with Gasteiger partial charge in [0, 0.05) is 28.6 Å². The molecule has 14 heteroatoms. The molecule has 0 aliphatic heterocycles. The van der Waals surface area contributed by atoms with Gasteiger partial charge in [-0.2, -0.15) is 0 Å². The number of amides is 4. The number of aliphatic carboxylic acids is 3. The summed E-state index contributed by atoms with van der Waals surface area (Å²) in [4.78, 5) is 57.5. The maximum absolute atomic E-state index is 12.1. The number of halogens is 2. The Bertz CT molecular complexity index is 868. The number of carbonyl (C=O) groups is 5. The van der Waals surface area contributed by atoms with Gasteiger partial charge < -0.3 is 36.6 Å². The quantitative estimate of drug-likeness (QED) is 0.0710. The van der Waals surface area contributed by atoms with Crippen LogP contribution in [0.1, 0.15) is 32.1 Å². The van der Waals surface area contributed by atoms with Crippen molar-refractivity contribution in [1.29, 1.82) is 0 Å². The van der Waals surface area contributed by atoms with Gasteiger partial charge in [0.1, 0.15) is 6.04 Å². The highest BCUT2D eigenvalue weighted by atomic mass is 127. The number of anilines is 1. The number of carboxylic acid groups (broad SMARTS) is 3. The molecule has 0 bridgehead atoms. The van der Waals surface area contributed by atoms with Crippen LogP contribution in [0.4, 0.5) is 15.3 Å². The summed E-state index contributed by atoms with van der Waals surface area (Å²) in [5.41, 5.74) is 0.630. The highest BCUT2D eigenvalue weighted by molar-refractivity contribution is 14.1. The summed E-state index contributed by atoms with van der Waals surface area (Å²) in [6.45, 7) is 0.278. The lowest BCUT2D eigenvalue weighted by Gasteiger charge is -2.25. The lowest BCUT2D eigenvalue weighted by atomic mass is 10.1. The Morgan fingerprint density at radius 2 is 1.61 bits per heavy atom. The summed E-state index contributed by atoms with van der Waals surface area (Å²) in [5, 5.41) is 37.0. The van der Waals surface area contributed by atoms with E-state index in [0.29, 0.717) is 18.5 Å². The predicted molar refractivity (Wildman–Crippen MR) is 134 cm³/mol. The molecule has 4 amide bonds. The van der Waals surface area contributed by atoms with Gasteiger partial charge in [0.2, 0.25) is 0 Å². The number of nitrogens with one attached hydrogen (secondary N) is 4. The molecule has 0 saturated heterocycles. The first-order chi connectivity index (χ1) is 15.4. The van der Waals surface area contributed by atoms with Crippen molar-refractivity contribution in [1.82, 2.24) is 16.0 Å². The summed E-state index contributed by atoms with van der Waals surface area (Å²) in [7, 11) is 0. The molecule has 182 valence electrons.